The highest BCUT2D eigenvalue weighted by Gasteiger charge is 2.44. The van der Waals surface area contributed by atoms with Gasteiger partial charge in [-0.1, -0.05) is 87.5 Å². The van der Waals surface area contributed by atoms with Crippen LogP contribution in [0, 0.1) is 12.3 Å². The van der Waals surface area contributed by atoms with Crippen LogP contribution in [0.2, 0.25) is 0 Å². The number of nitrogens with one attached hydrogen (secondary N) is 2. The van der Waals surface area contributed by atoms with Gasteiger partial charge in [0.15, 0.2) is 0 Å². The molecule has 3 heterocycles. The van der Waals surface area contributed by atoms with Gasteiger partial charge < -0.3 is 30.3 Å². The number of carbonyl (C=O) groups excluding carboxylic acids is 3. The molecular weight excluding hydrogens is 693 g/mol. The molecule has 1 aliphatic heterocycles. The predicted octanol–water partition coefficient (Wildman–Crippen LogP) is 6.72. The third-order valence-electron chi connectivity index (χ3n) is 9.54. The number of benzene rings is 2. The Morgan fingerprint density at radius 1 is 0.836 bits per heavy atom. The van der Waals surface area contributed by atoms with Crippen LogP contribution in [0.25, 0.3) is 11.3 Å². The molecule has 1 aliphatic rings. The van der Waals surface area contributed by atoms with Gasteiger partial charge in [-0.15, -0.1) is 0 Å². The third-order valence-corrected chi connectivity index (χ3v) is 9.54. The number of hydrogen-bond acceptors (Lipinski definition) is 7. The van der Waals surface area contributed by atoms with Crippen LogP contribution in [-0.4, -0.2) is 85.8 Å². The maximum atomic E-state index is 14.5. The van der Waals surface area contributed by atoms with Crippen LogP contribution in [0.15, 0.2) is 97.2 Å². The lowest BCUT2D eigenvalue weighted by Gasteiger charge is -2.38. The Morgan fingerprint density at radius 3 is 2.16 bits per heavy atom. The summed E-state index contributed by atoms with van der Waals surface area (Å²) in [7, 11) is 0. The van der Waals surface area contributed by atoms with Crippen molar-refractivity contribution in [2.24, 2.45) is 5.41 Å². The van der Waals surface area contributed by atoms with E-state index in [1.807, 2.05) is 119 Å². The minimum absolute atomic E-state index is 0.122. The van der Waals surface area contributed by atoms with Crippen LogP contribution in [0.4, 0.5) is 9.59 Å². The van der Waals surface area contributed by atoms with Crippen LogP contribution in [0.5, 0.6) is 0 Å². The summed E-state index contributed by atoms with van der Waals surface area (Å²) >= 11 is 0. The standard InChI is InChI=1S/C44H56N6O5/c1-30-14-13-17-34(46-30)29-49-24-25-50(42(49)54)39(43(2,3)4)40(52)47-35(26-32-19-21-33(22-20-32)36-18-11-12-23-45-36)28-38(51)37(27-31-15-9-8-10-16-31)48-41(53)55-44(5,6)7/h8-23,35,37-39,51H,24-29H2,1-7H3,(H,47,52)(H,48,53)/t35-,37-,38-,39+/m0/s1. The number of pyridine rings is 2. The highest BCUT2D eigenvalue weighted by atomic mass is 16.6. The SMILES string of the molecule is Cc1cccc(CN2CCN([C@H](C(=O)N[C@@H](Cc3ccc(-c4ccccn4)cc3)C[C@H](O)[C@H](Cc3ccccc3)NC(=O)OC(C)(C)C)C(C)(C)C)C2=O)n1. The number of alkyl carbamates (subject to hydrolysis) is 1. The molecule has 4 amide bonds. The van der Waals surface area contributed by atoms with E-state index in [2.05, 4.69) is 20.6 Å². The van der Waals surface area contributed by atoms with Crippen molar-refractivity contribution in [1.82, 2.24) is 30.4 Å². The fraction of sp³-hybridized carbons (Fsp3) is 0.432. The molecule has 55 heavy (non-hydrogen) atoms. The van der Waals surface area contributed by atoms with E-state index in [0.29, 0.717) is 32.5 Å². The third kappa shape index (κ3) is 11.8. The molecule has 0 unspecified atom stereocenters. The van der Waals surface area contributed by atoms with Gasteiger partial charge in [-0.05, 0) is 87.8 Å². The lowest BCUT2D eigenvalue weighted by Crippen LogP contribution is -2.57. The second-order valence-electron chi connectivity index (χ2n) is 16.5. The van der Waals surface area contributed by atoms with Crippen LogP contribution < -0.4 is 10.6 Å². The van der Waals surface area contributed by atoms with E-state index in [1.165, 1.54) is 0 Å². The average molecular weight is 749 g/mol. The maximum Gasteiger partial charge on any atom is 0.407 e. The first kappa shape index (κ1) is 40.9. The van der Waals surface area contributed by atoms with E-state index in [9.17, 15) is 19.5 Å². The zero-order valence-electron chi connectivity index (χ0n) is 33.2. The van der Waals surface area contributed by atoms with E-state index < -0.39 is 41.3 Å². The van der Waals surface area contributed by atoms with E-state index in [4.69, 9.17) is 4.74 Å². The molecule has 4 atom stereocenters. The molecule has 11 heteroatoms. The molecule has 0 spiro atoms. The van der Waals surface area contributed by atoms with E-state index >= 15 is 0 Å². The van der Waals surface area contributed by atoms with Crippen molar-refractivity contribution in [1.29, 1.82) is 0 Å². The van der Waals surface area contributed by atoms with E-state index in [0.717, 1.165) is 33.8 Å². The summed E-state index contributed by atoms with van der Waals surface area (Å²) in [4.78, 5) is 53.9. The first-order chi connectivity index (χ1) is 26.1. The number of ether oxygens (including phenoxy) is 1. The number of aliphatic hydroxyl groups excluding tert-OH is 1. The second kappa shape index (κ2) is 17.9. The molecule has 0 aliphatic carbocycles. The first-order valence-corrected chi connectivity index (χ1v) is 19.1. The Bertz CT molecular complexity index is 1870. The molecule has 1 fully saturated rings. The highest BCUT2D eigenvalue weighted by Crippen LogP contribution is 2.29. The number of hydrogen-bond donors (Lipinski definition) is 3. The molecule has 3 N–H and O–H groups in total. The fourth-order valence-corrected chi connectivity index (χ4v) is 7.04. The summed E-state index contributed by atoms with van der Waals surface area (Å²) in [6.45, 7) is 14.4. The number of urea groups is 1. The van der Waals surface area contributed by atoms with Gasteiger partial charge in [-0.3, -0.25) is 14.8 Å². The zero-order chi connectivity index (χ0) is 39.8. The van der Waals surface area contributed by atoms with Crippen molar-refractivity contribution >= 4 is 18.0 Å². The van der Waals surface area contributed by atoms with Crippen molar-refractivity contribution < 1.29 is 24.2 Å². The van der Waals surface area contributed by atoms with Gasteiger partial charge in [0.2, 0.25) is 5.91 Å². The minimum atomic E-state index is -1.07. The number of aliphatic hydroxyl groups is 1. The molecule has 292 valence electrons. The molecule has 1 saturated heterocycles. The molecule has 0 radical (unpaired) electrons. The van der Waals surface area contributed by atoms with Crippen molar-refractivity contribution in [3.05, 3.63) is 120 Å². The molecule has 5 rings (SSSR count). The fourth-order valence-electron chi connectivity index (χ4n) is 7.04. The lowest BCUT2D eigenvalue weighted by atomic mass is 9.84. The molecule has 2 aromatic heterocycles. The number of aryl methyl sites for hydroxylation is 1. The minimum Gasteiger partial charge on any atom is -0.444 e. The van der Waals surface area contributed by atoms with Gasteiger partial charge in [0, 0.05) is 36.6 Å². The molecule has 0 bridgehead atoms. The summed E-state index contributed by atoms with van der Waals surface area (Å²) in [5.41, 5.74) is 4.00. The molecule has 2 aromatic carbocycles. The highest BCUT2D eigenvalue weighted by molar-refractivity contribution is 5.89. The largest absolute Gasteiger partial charge is 0.444 e. The number of nitrogens with zero attached hydrogens (tertiary/aromatic N) is 4. The van der Waals surface area contributed by atoms with Gasteiger partial charge in [-0.2, -0.15) is 0 Å². The lowest BCUT2D eigenvalue weighted by molar-refractivity contribution is -0.129. The normalized spacial score (nSPS) is 15.6. The second-order valence-corrected chi connectivity index (χ2v) is 16.5. The molecule has 11 nitrogen and oxygen atoms in total. The Morgan fingerprint density at radius 2 is 1.53 bits per heavy atom. The maximum absolute atomic E-state index is 14.5. The van der Waals surface area contributed by atoms with E-state index in [1.54, 1.807) is 36.8 Å². The van der Waals surface area contributed by atoms with Crippen molar-refractivity contribution in [3.63, 3.8) is 0 Å². The Labute approximate surface area is 325 Å². The monoisotopic (exact) mass is 748 g/mol. The number of amides is 4. The van der Waals surface area contributed by atoms with Gasteiger partial charge in [0.05, 0.1) is 30.1 Å². The summed E-state index contributed by atoms with van der Waals surface area (Å²) in [5, 5.41) is 18.1. The van der Waals surface area contributed by atoms with Crippen molar-refractivity contribution in [2.75, 3.05) is 13.1 Å². The smallest absolute Gasteiger partial charge is 0.407 e. The summed E-state index contributed by atoms with van der Waals surface area (Å²) in [6, 6.07) is 26.8. The van der Waals surface area contributed by atoms with Crippen molar-refractivity contribution in [2.45, 2.75) is 104 Å². The summed E-state index contributed by atoms with van der Waals surface area (Å²) < 4.78 is 5.58. The van der Waals surface area contributed by atoms with E-state index in [-0.39, 0.29) is 18.4 Å². The number of rotatable bonds is 14. The Balaban J connectivity index is 1.40. The average Bonchev–Trinajstić information content (AvgIpc) is 3.45. The van der Waals surface area contributed by atoms with Gasteiger partial charge in [0.1, 0.15) is 11.6 Å². The molecular formula is C44H56N6O5. The summed E-state index contributed by atoms with van der Waals surface area (Å²) in [6.07, 6.45) is 0.915. The van der Waals surface area contributed by atoms with Crippen LogP contribution in [0.3, 0.4) is 0 Å². The topological polar surface area (TPSA) is 137 Å². The van der Waals surface area contributed by atoms with Crippen LogP contribution >= 0.6 is 0 Å². The zero-order valence-corrected chi connectivity index (χ0v) is 33.2. The number of aromatic nitrogens is 2. The van der Waals surface area contributed by atoms with Crippen molar-refractivity contribution in [3.8, 4) is 11.3 Å². The first-order valence-electron chi connectivity index (χ1n) is 19.1. The quantitative estimate of drug-likeness (QED) is 0.130. The van der Waals surface area contributed by atoms with Crippen LogP contribution in [-0.2, 0) is 28.9 Å². The Hall–Kier alpha value is -5.29. The Kier molecular flexibility index (Phi) is 13.3. The van der Waals surface area contributed by atoms with Crippen LogP contribution in [0.1, 0.15) is 70.5 Å². The molecule has 0 saturated carbocycles. The summed E-state index contributed by atoms with van der Waals surface area (Å²) in [5.74, 6) is -0.307. The predicted molar refractivity (Wildman–Crippen MR) is 214 cm³/mol. The molecule has 4 aromatic rings. The van der Waals surface area contributed by atoms with Gasteiger partial charge in [-0.25, -0.2) is 9.59 Å². The van der Waals surface area contributed by atoms with Gasteiger partial charge in [0.25, 0.3) is 0 Å². The number of carbonyl (C=O) groups is 3. The van der Waals surface area contributed by atoms with Gasteiger partial charge >= 0.3 is 12.1 Å².